The highest BCUT2D eigenvalue weighted by Gasteiger charge is 2.30. The van der Waals surface area contributed by atoms with E-state index in [9.17, 15) is 4.79 Å². The molecule has 0 saturated heterocycles. The highest BCUT2D eigenvalue weighted by atomic mass is 16.2. The minimum atomic E-state index is 0.256. The molecule has 2 aliphatic rings. The van der Waals surface area contributed by atoms with Gasteiger partial charge in [-0.05, 0) is 42.5 Å². The molecule has 2 aliphatic heterocycles. The summed E-state index contributed by atoms with van der Waals surface area (Å²) in [5.41, 5.74) is 5.28. The first kappa shape index (κ1) is 15.4. The summed E-state index contributed by atoms with van der Waals surface area (Å²) >= 11 is 0. The van der Waals surface area contributed by atoms with Crippen molar-refractivity contribution in [2.75, 3.05) is 18.0 Å². The number of fused-ring (bicyclic) bond motifs is 2. The van der Waals surface area contributed by atoms with Gasteiger partial charge in [0, 0.05) is 37.8 Å². The number of amides is 1. The molecule has 1 unspecified atom stereocenters. The van der Waals surface area contributed by atoms with Crippen LogP contribution < -0.4 is 4.90 Å². The van der Waals surface area contributed by atoms with Crippen molar-refractivity contribution < 1.29 is 4.79 Å². The van der Waals surface area contributed by atoms with Crippen molar-refractivity contribution >= 4 is 11.6 Å². The predicted molar refractivity (Wildman–Crippen MR) is 97.1 cm³/mol. The van der Waals surface area contributed by atoms with Crippen LogP contribution in [0.25, 0.3) is 0 Å². The summed E-state index contributed by atoms with van der Waals surface area (Å²) in [6.45, 7) is 5.01. The number of para-hydroxylation sites is 1. The average Bonchev–Trinajstić information content (AvgIpc) is 2.95. The molecule has 2 heterocycles. The lowest BCUT2D eigenvalue weighted by molar-refractivity contribution is -0.119. The van der Waals surface area contributed by atoms with Gasteiger partial charge in [0.25, 0.3) is 0 Å². The van der Waals surface area contributed by atoms with Crippen molar-refractivity contribution in [1.82, 2.24) is 4.90 Å². The van der Waals surface area contributed by atoms with Gasteiger partial charge in [-0.25, -0.2) is 0 Å². The molecule has 124 valence electrons. The molecule has 1 amide bonds. The smallest absolute Gasteiger partial charge is 0.228 e. The summed E-state index contributed by atoms with van der Waals surface area (Å²) in [6, 6.07) is 17.2. The second kappa shape index (κ2) is 6.40. The van der Waals surface area contributed by atoms with Crippen molar-refractivity contribution in [3.05, 3.63) is 65.2 Å². The summed E-state index contributed by atoms with van der Waals surface area (Å²) in [4.78, 5) is 17.2. The maximum Gasteiger partial charge on any atom is 0.228 e. The van der Waals surface area contributed by atoms with Crippen LogP contribution in [0.4, 0.5) is 5.69 Å². The molecule has 0 aromatic heterocycles. The average molecular weight is 320 g/mol. The highest BCUT2D eigenvalue weighted by molar-refractivity contribution is 5.96. The predicted octanol–water partition coefficient (Wildman–Crippen LogP) is 3.41. The van der Waals surface area contributed by atoms with Crippen LogP contribution in [0, 0.1) is 0 Å². The van der Waals surface area contributed by atoms with Crippen molar-refractivity contribution in [3.8, 4) is 0 Å². The SMILES string of the molecule is CC1Cc2ccccc2N1C(=O)CCN1CCc2ccccc2C1. The monoisotopic (exact) mass is 320 g/mol. The Labute approximate surface area is 143 Å². The van der Waals surface area contributed by atoms with Gasteiger partial charge in [-0.3, -0.25) is 9.69 Å². The van der Waals surface area contributed by atoms with E-state index in [4.69, 9.17) is 0 Å². The van der Waals surface area contributed by atoms with Crippen molar-refractivity contribution in [1.29, 1.82) is 0 Å². The molecule has 0 bridgehead atoms. The molecule has 0 N–H and O–H groups in total. The van der Waals surface area contributed by atoms with Gasteiger partial charge in [0.05, 0.1) is 0 Å². The number of hydrogen-bond donors (Lipinski definition) is 0. The zero-order valence-corrected chi connectivity index (χ0v) is 14.2. The van der Waals surface area contributed by atoms with Crippen LogP contribution in [0.15, 0.2) is 48.5 Å². The zero-order chi connectivity index (χ0) is 16.5. The van der Waals surface area contributed by atoms with Gasteiger partial charge in [-0.1, -0.05) is 42.5 Å². The van der Waals surface area contributed by atoms with Gasteiger partial charge in [0.2, 0.25) is 5.91 Å². The summed E-state index contributed by atoms with van der Waals surface area (Å²) in [5.74, 6) is 0.256. The maximum absolute atomic E-state index is 12.8. The quantitative estimate of drug-likeness (QED) is 0.865. The Morgan fingerprint density at radius 1 is 1.04 bits per heavy atom. The Morgan fingerprint density at radius 3 is 2.58 bits per heavy atom. The molecular weight excluding hydrogens is 296 g/mol. The third kappa shape index (κ3) is 2.84. The molecule has 4 rings (SSSR count). The fourth-order valence-corrected chi connectivity index (χ4v) is 4.06. The standard InChI is InChI=1S/C21H24N2O/c1-16-14-18-7-4-5-9-20(18)23(16)21(24)11-13-22-12-10-17-6-2-3-8-19(17)15-22/h2-9,16H,10-15H2,1H3. The van der Waals surface area contributed by atoms with Crippen LogP contribution in [-0.2, 0) is 24.2 Å². The summed E-state index contributed by atoms with van der Waals surface area (Å²) < 4.78 is 0. The first-order chi connectivity index (χ1) is 11.7. The minimum absolute atomic E-state index is 0.256. The molecule has 0 saturated carbocycles. The second-order valence-corrected chi connectivity index (χ2v) is 6.99. The normalized spacial score (nSPS) is 19.9. The van der Waals surface area contributed by atoms with Crippen LogP contribution in [0.3, 0.4) is 0 Å². The van der Waals surface area contributed by atoms with E-state index < -0.39 is 0 Å². The summed E-state index contributed by atoms with van der Waals surface area (Å²) in [7, 11) is 0. The van der Waals surface area contributed by atoms with Gasteiger partial charge in [-0.15, -0.1) is 0 Å². The molecular formula is C21H24N2O. The lowest BCUT2D eigenvalue weighted by Crippen LogP contribution is -2.39. The fourth-order valence-electron chi connectivity index (χ4n) is 4.06. The van der Waals surface area contributed by atoms with E-state index in [1.807, 2.05) is 11.0 Å². The van der Waals surface area contributed by atoms with Crippen LogP contribution in [-0.4, -0.2) is 29.9 Å². The Balaban J connectivity index is 1.39. The van der Waals surface area contributed by atoms with E-state index in [1.54, 1.807) is 0 Å². The Hall–Kier alpha value is -2.13. The number of hydrogen-bond acceptors (Lipinski definition) is 2. The van der Waals surface area contributed by atoms with Gasteiger partial charge in [0.15, 0.2) is 0 Å². The van der Waals surface area contributed by atoms with E-state index in [2.05, 4.69) is 54.3 Å². The molecule has 3 nitrogen and oxygen atoms in total. The van der Waals surface area contributed by atoms with E-state index in [-0.39, 0.29) is 11.9 Å². The number of rotatable bonds is 3. The molecule has 3 heteroatoms. The molecule has 0 fully saturated rings. The van der Waals surface area contributed by atoms with Crippen molar-refractivity contribution in [2.24, 2.45) is 0 Å². The minimum Gasteiger partial charge on any atom is -0.309 e. The molecule has 24 heavy (non-hydrogen) atoms. The first-order valence-electron chi connectivity index (χ1n) is 8.91. The van der Waals surface area contributed by atoms with Crippen LogP contribution >= 0.6 is 0 Å². The third-order valence-corrected chi connectivity index (χ3v) is 5.33. The number of carbonyl (C=O) groups excluding carboxylic acids is 1. The van der Waals surface area contributed by atoms with Crippen LogP contribution in [0.1, 0.15) is 30.0 Å². The van der Waals surface area contributed by atoms with E-state index >= 15 is 0 Å². The second-order valence-electron chi connectivity index (χ2n) is 6.99. The third-order valence-electron chi connectivity index (χ3n) is 5.33. The lowest BCUT2D eigenvalue weighted by atomic mass is 10.00. The van der Waals surface area contributed by atoms with Crippen molar-refractivity contribution in [3.63, 3.8) is 0 Å². The van der Waals surface area contributed by atoms with Gasteiger partial charge >= 0.3 is 0 Å². The number of carbonyl (C=O) groups is 1. The fraction of sp³-hybridized carbons (Fsp3) is 0.381. The number of benzene rings is 2. The summed E-state index contributed by atoms with van der Waals surface area (Å²) in [6.07, 6.45) is 2.66. The Bertz CT molecular complexity index is 755. The Morgan fingerprint density at radius 2 is 1.75 bits per heavy atom. The molecule has 0 aliphatic carbocycles. The topological polar surface area (TPSA) is 23.6 Å². The largest absolute Gasteiger partial charge is 0.309 e. The first-order valence-corrected chi connectivity index (χ1v) is 8.91. The highest BCUT2D eigenvalue weighted by Crippen LogP contribution is 2.32. The van der Waals surface area contributed by atoms with Gasteiger partial charge in [-0.2, -0.15) is 0 Å². The lowest BCUT2D eigenvalue weighted by Gasteiger charge is -2.29. The molecule has 0 radical (unpaired) electrons. The molecule has 2 aromatic carbocycles. The van der Waals surface area contributed by atoms with Crippen LogP contribution in [0.2, 0.25) is 0 Å². The van der Waals surface area contributed by atoms with Gasteiger partial charge < -0.3 is 4.90 Å². The number of nitrogens with zero attached hydrogens (tertiary/aromatic N) is 2. The Kier molecular flexibility index (Phi) is 4.11. The zero-order valence-electron chi connectivity index (χ0n) is 14.2. The van der Waals surface area contributed by atoms with E-state index in [0.717, 1.165) is 38.2 Å². The molecule has 2 aromatic rings. The van der Waals surface area contributed by atoms with Gasteiger partial charge in [0.1, 0.15) is 0 Å². The van der Waals surface area contributed by atoms with Crippen LogP contribution in [0.5, 0.6) is 0 Å². The maximum atomic E-state index is 12.8. The summed E-state index contributed by atoms with van der Waals surface area (Å²) in [5, 5.41) is 0. The van der Waals surface area contributed by atoms with Crippen molar-refractivity contribution in [2.45, 2.75) is 38.8 Å². The molecule has 1 atom stereocenters. The van der Waals surface area contributed by atoms with E-state index in [0.29, 0.717) is 6.42 Å². The number of anilines is 1. The van der Waals surface area contributed by atoms with E-state index in [1.165, 1.54) is 16.7 Å². The molecule has 0 spiro atoms.